The first kappa shape index (κ1) is 25.2. The van der Waals surface area contributed by atoms with E-state index in [2.05, 4.69) is 11.9 Å². The summed E-state index contributed by atoms with van der Waals surface area (Å²) in [6.45, 7) is 4.21. The Morgan fingerprint density at radius 1 is 0.871 bits per heavy atom. The number of hydrogen-bond acceptors (Lipinski definition) is 4. The summed E-state index contributed by atoms with van der Waals surface area (Å²) >= 11 is 0. The van der Waals surface area contributed by atoms with Gasteiger partial charge >= 0.3 is 11.7 Å². The number of aromatic nitrogens is 1. The van der Waals surface area contributed by atoms with Crippen LogP contribution in [0.2, 0.25) is 0 Å². The number of allylic oxidation sites excluding steroid dienone is 1. The van der Waals surface area contributed by atoms with E-state index in [1.54, 1.807) is 12.3 Å². The van der Waals surface area contributed by atoms with E-state index in [9.17, 15) is 4.79 Å². The molecule has 172 valence electrons. The Labute approximate surface area is 188 Å². The number of aryl methyl sites for hydroxylation is 1. The van der Waals surface area contributed by atoms with Crippen LogP contribution in [0.3, 0.4) is 0 Å². The molecule has 1 aromatic carbocycles. The molecule has 0 aliphatic heterocycles. The van der Waals surface area contributed by atoms with Gasteiger partial charge in [0, 0.05) is 0 Å². The molecule has 0 spiro atoms. The third-order valence-corrected chi connectivity index (χ3v) is 5.75. The van der Waals surface area contributed by atoms with Crippen molar-refractivity contribution in [2.75, 3.05) is 0 Å². The molecule has 0 atom stereocenters. The zero-order valence-electron chi connectivity index (χ0n) is 19.7. The Hall–Kier alpha value is -2.10. The van der Waals surface area contributed by atoms with Gasteiger partial charge in [0.05, 0.1) is 17.2 Å². The summed E-state index contributed by atoms with van der Waals surface area (Å²) in [6.07, 6.45) is 23.6. The zero-order chi connectivity index (χ0) is 22.2. The summed E-state index contributed by atoms with van der Waals surface area (Å²) in [5.41, 5.74) is 1.18. The minimum Gasteiger partial charge on any atom is -0.419 e. The topological polar surface area (TPSA) is 52.3 Å². The van der Waals surface area contributed by atoms with Gasteiger partial charge in [0.2, 0.25) is 0 Å². The minimum atomic E-state index is -0.413. The molecule has 0 aliphatic rings. The number of rotatable bonds is 17. The molecule has 2 rings (SSSR count). The van der Waals surface area contributed by atoms with Crippen LogP contribution in [-0.4, -0.2) is 4.98 Å². The molecular weight excluding hydrogens is 386 g/mol. The molecule has 4 nitrogen and oxygen atoms in total. The lowest BCUT2D eigenvalue weighted by Gasteiger charge is -2.03. The molecule has 0 fully saturated rings. The summed E-state index contributed by atoms with van der Waals surface area (Å²) in [5.74, 6) is 0. The molecule has 0 saturated carbocycles. The van der Waals surface area contributed by atoms with Crippen molar-refractivity contribution < 1.29 is 9.15 Å². The van der Waals surface area contributed by atoms with E-state index in [4.69, 9.17) is 9.15 Å². The number of hydrogen-bond donors (Lipinski definition) is 0. The van der Waals surface area contributed by atoms with Gasteiger partial charge in [-0.25, -0.2) is 4.79 Å². The molecule has 31 heavy (non-hydrogen) atoms. The van der Waals surface area contributed by atoms with Crippen LogP contribution in [0.25, 0.3) is 10.9 Å². The van der Waals surface area contributed by atoms with Gasteiger partial charge in [-0.05, 0) is 38.0 Å². The Kier molecular flexibility index (Phi) is 12.7. The van der Waals surface area contributed by atoms with E-state index in [0.717, 1.165) is 18.4 Å². The van der Waals surface area contributed by atoms with Gasteiger partial charge in [0.25, 0.3) is 0 Å². The smallest absolute Gasteiger partial charge is 0.402 e. The van der Waals surface area contributed by atoms with E-state index >= 15 is 0 Å². The second-order valence-electron chi connectivity index (χ2n) is 8.66. The maximum Gasteiger partial charge on any atom is 0.402 e. The van der Waals surface area contributed by atoms with E-state index in [-0.39, 0.29) is 6.08 Å². The maximum absolute atomic E-state index is 12.0. The van der Waals surface area contributed by atoms with E-state index < -0.39 is 5.63 Å². The van der Waals surface area contributed by atoms with E-state index in [0.29, 0.717) is 10.9 Å². The summed E-state index contributed by atoms with van der Waals surface area (Å²) < 4.78 is 10.5. The van der Waals surface area contributed by atoms with E-state index in [1.807, 2.05) is 25.1 Å². The van der Waals surface area contributed by atoms with Crippen molar-refractivity contribution >= 4 is 10.9 Å². The fourth-order valence-electron chi connectivity index (χ4n) is 3.85. The van der Waals surface area contributed by atoms with Crippen molar-refractivity contribution in [2.24, 2.45) is 0 Å². The molecule has 0 amide bonds. The van der Waals surface area contributed by atoms with Crippen LogP contribution in [0.15, 0.2) is 39.7 Å². The molecule has 4 heteroatoms. The fraction of sp³-hybridized carbons (Fsp3) is 0.630. The molecule has 0 N–H and O–H groups in total. The van der Waals surface area contributed by atoms with Gasteiger partial charge in [-0.1, -0.05) is 102 Å². The highest BCUT2D eigenvalue weighted by Crippen LogP contribution is 2.15. The standard InChI is InChI=1S/C27H41NO3/c1-3-4-5-6-7-8-9-10-11-12-13-14-15-16-17-18-21-30-27-28-25-20-19-23(2)22-24(25)26(29)31-27/h18-22H,3-17H2,1-2H3/b21-18-. The first-order valence-corrected chi connectivity index (χ1v) is 12.4. The van der Waals surface area contributed by atoms with Crippen molar-refractivity contribution in [1.82, 2.24) is 4.98 Å². The molecule has 2 aromatic rings. The Bertz CT molecular complexity index is 825. The van der Waals surface area contributed by atoms with Crippen LogP contribution in [0.4, 0.5) is 0 Å². The van der Waals surface area contributed by atoms with Gasteiger partial charge < -0.3 is 9.15 Å². The highest BCUT2D eigenvalue weighted by molar-refractivity contribution is 5.77. The van der Waals surface area contributed by atoms with Crippen LogP contribution in [0.5, 0.6) is 6.08 Å². The Morgan fingerprint density at radius 3 is 2.06 bits per heavy atom. The number of benzene rings is 1. The average Bonchev–Trinajstić information content (AvgIpc) is 2.76. The van der Waals surface area contributed by atoms with Crippen molar-refractivity contribution in [3.8, 4) is 6.08 Å². The molecule has 0 aliphatic carbocycles. The predicted molar refractivity (Wildman–Crippen MR) is 130 cm³/mol. The molecule has 0 saturated heterocycles. The number of nitrogens with zero attached hydrogens (tertiary/aromatic N) is 1. The van der Waals surface area contributed by atoms with Crippen LogP contribution < -0.4 is 10.4 Å². The largest absolute Gasteiger partial charge is 0.419 e. The monoisotopic (exact) mass is 427 g/mol. The molecular formula is C27H41NO3. The lowest BCUT2D eigenvalue weighted by atomic mass is 10.0. The second-order valence-corrected chi connectivity index (χ2v) is 8.66. The first-order chi connectivity index (χ1) is 15.2. The molecule has 1 aromatic heterocycles. The van der Waals surface area contributed by atoms with Gasteiger partial charge in [-0.2, -0.15) is 4.98 Å². The number of ether oxygens (including phenoxy) is 1. The quantitative estimate of drug-likeness (QED) is 0.188. The molecule has 1 heterocycles. The van der Waals surface area contributed by atoms with Gasteiger partial charge in [0.15, 0.2) is 0 Å². The highest BCUT2D eigenvalue weighted by atomic mass is 16.6. The second kappa shape index (κ2) is 15.7. The molecule has 0 radical (unpaired) electrons. The van der Waals surface area contributed by atoms with Gasteiger partial charge in [0.1, 0.15) is 0 Å². The van der Waals surface area contributed by atoms with Crippen molar-refractivity contribution in [3.63, 3.8) is 0 Å². The summed E-state index contributed by atoms with van der Waals surface area (Å²) in [5, 5.41) is 0.485. The van der Waals surface area contributed by atoms with Crippen LogP contribution in [0, 0.1) is 6.92 Å². The normalized spacial score (nSPS) is 11.5. The van der Waals surface area contributed by atoms with E-state index in [1.165, 1.54) is 83.5 Å². The highest BCUT2D eigenvalue weighted by Gasteiger charge is 2.06. The zero-order valence-corrected chi connectivity index (χ0v) is 19.7. The van der Waals surface area contributed by atoms with Crippen LogP contribution in [-0.2, 0) is 0 Å². The van der Waals surface area contributed by atoms with Gasteiger partial charge in [-0.15, -0.1) is 0 Å². The van der Waals surface area contributed by atoms with Crippen LogP contribution in [0.1, 0.15) is 109 Å². The molecule has 0 unspecified atom stereocenters. The Balaban J connectivity index is 1.45. The average molecular weight is 428 g/mol. The number of unbranched alkanes of at least 4 members (excludes halogenated alkanes) is 14. The Morgan fingerprint density at radius 2 is 1.45 bits per heavy atom. The van der Waals surface area contributed by atoms with Crippen molar-refractivity contribution in [1.29, 1.82) is 0 Å². The van der Waals surface area contributed by atoms with Crippen molar-refractivity contribution in [3.05, 3.63) is 46.5 Å². The third-order valence-electron chi connectivity index (χ3n) is 5.75. The summed E-state index contributed by atoms with van der Waals surface area (Å²) in [6, 6.07) is 5.51. The fourth-order valence-corrected chi connectivity index (χ4v) is 3.85. The lowest BCUT2D eigenvalue weighted by molar-refractivity contribution is 0.304. The predicted octanol–water partition coefficient (Wildman–Crippen LogP) is 8.26. The third kappa shape index (κ3) is 10.7. The first-order valence-electron chi connectivity index (χ1n) is 12.4. The maximum atomic E-state index is 12.0. The molecule has 0 bridgehead atoms. The van der Waals surface area contributed by atoms with Crippen molar-refractivity contribution in [2.45, 2.75) is 110 Å². The summed E-state index contributed by atoms with van der Waals surface area (Å²) in [7, 11) is 0. The minimum absolute atomic E-state index is 0.00133. The SMILES string of the molecule is CCCCCCCCCCCCCCCC/C=C\Oc1nc2ccc(C)cc2c(=O)o1. The lowest BCUT2D eigenvalue weighted by Crippen LogP contribution is -2.03. The number of fused-ring (bicyclic) bond motifs is 1. The summed E-state index contributed by atoms with van der Waals surface area (Å²) in [4.78, 5) is 16.3. The van der Waals surface area contributed by atoms with Crippen LogP contribution >= 0.6 is 0 Å². The van der Waals surface area contributed by atoms with Gasteiger partial charge in [-0.3, -0.25) is 0 Å².